The predicted octanol–water partition coefficient (Wildman–Crippen LogP) is 10.8. The van der Waals surface area contributed by atoms with Crippen molar-refractivity contribution in [3.05, 3.63) is 157 Å². The van der Waals surface area contributed by atoms with Gasteiger partial charge >= 0.3 is 0 Å². The average molecular weight is 654 g/mol. The average Bonchev–Trinajstić information content (AvgIpc) is 3.85. The number of hydrogen-bond donors (Lipinski definition) is 3. The second kappa shape index (κ2) is 10.7. The minimum Gasteiger partial charge on any atom is -0.354 e. The van der Waals surface area contributed by atoms with Gasteiger partial charge in [0.2, 0.25) is 0 Å². The fourth-order valence-electron chi connectivity index (χ4n) is 7.80. The molecule has 0 bridgehead atoms. The third-order valence-corrected chi connectivity index (χ3v) is 10.1. The quantitative estimate of drug-likeness (QED) is 0.176. The first kappa shape index (κ1) is 27.8. The van der Waals surface area contributed by atoms with E-state index < -0.39 is 0 Å². The van der Waals surface area contributed by atoms with Crippen LogP contribution >= 0.6 is 0 Å². The number of nitrogens with zero attached hydrogens (tertiary/aromatic N) is 4. The third-order valence-electron chi connectivity index (χ3n) is 10.1. The minimum absolute atomic E-state index is 0.684. The van der Waals surface area contributed by atoms with Crippen LogP contribution in [0.2, 0.25) is 0 Å². The Balaban J connectivity index is 0.987. The number of nitrogens with one attached hydrogen (secondary N) is 3. The summed E-state index contributed by atoms with van der Waals surface area (Å²) in [5, 5.41) is 14.2. The number of rotatable bonds is 4. The molecule has 238 valence electrons. The van der Waals surface area contributed by atoms with E-state index in [0.717, 1.165) is 56.3 Å². The lowest BCUT2D eigenvalue weighted by molar-refractivity contribution is 1.27. The van der Waals surface area contributed by atoms with Gasteiger partial charge in [-0.25, -0.2) is 20.0 Å². The van der Waals surface area contributed by atoms with E-state index in [1.807, 2.05) is 36.4 Å². The number of aromatic amines is 1. The molecule has 0 fully saturated rings. The van der Waals surface area contributed by atoms with Gasteiger partial charge in [-0.05, 0) is 81.6 Å². The molecule has 0 spiro atoms. The maximum Gasteiger partial charge on any atom is 0.154 e. The van der Waals surface area contributed by atoms with Crippen LogP contribution in [0.15, 0.2) is 156 Å². The van der Waals surface area contributed by atoms with Crippen LogP contribution in [0.3, 0.4) is 0 Å². The van der Waals surface area contributed by atoms with Crippen molar-refractivity contribution < 1.29 is 0 Å². The Kier molecular flexibility index (Phi) is 5.83. The van der Waals surface area contributed by atoms with E-state index in [0.29, 0.717) is 11.6 Å². The number of aliphatic imine (C=N–C) groups is 2. The van der Waals surface area contributed by atoms with Gasteiger partial charge < -0.3 is 15.6 Å². The van der Waals surface area contributed by atoms with Crippen molar-refractivity contribution in [1.82, 2.24) is 15.0 Å². The van der Waals surface area contributed by atoms with Gasteiger partial charge in [0, 0.05) is 67.5 Å². The zero-order valence-corrected chi connectivity index (χ0v) is 27.1. The Hall–Kier alpha value is -7.12. The molecule has 5 heterocycles. The van der Waals surface area contributed by atoms with Gasteiger partial charge in [-0.3, -0.25) is 0 Å². The van der Waals surface area contributed by atoms with Gasteiger partial charge in [0.05, 0.1) is 0 Å². The zero-order chi connectivity index (χ0) is 33.5. The summed E-state index contributed by atoms with van der Waals surface area (Å²) in [6.07, 6.45) is 3.53. The molecule has 0 saturated carbocycles. The highest BCUT2D eigenvalue weighted by Crippen LogP contribution is 2.43. The molecule has 3 N–H and O–H groups in total. The monoisotopic (exact) mass is 653 g/mol. The Labute approximate surface area is 292 Å². The molecule has 0 saturated heterocycles. The predicted molar refractivity (Wildman–Crippen MR) is 210 cm³/mol. The molecule has 0 amide bonds. The molecular formula is C44H27N7. The van der Waals surface area contributed by atoms with Crippen molar-refractivity contribution >= 4 is 78.0 Å². The van der Waals surface area contributed by atoms with Crippen molar-refractivity contribution in [2.75, 3.05) is 10.6 Å². The van der Waals surface area contributed by atoms with Crippen LogP contribution in [0, 0.1) is 0 Å². The van der Waals surface area contributed by atoms with Crippen LogP contribution < -0.4 is 10.6 Å². The van der Waals surface area contributed by atoms with Crippen LogP contribution in [0.5, 0.6) is 0 Å². The fraction of sp³-hybridized carbons (Fsp3) is 0. The second-order valence-electron chi connectivity index (χ2n) is 13.0. The molecule has 51 heavy (non-hydrogen) atoms. The van der Waals surface area contributed by atoms with Gasteiger partial charge in [-0.15, -0.1) is 0 Å². The van der Waals surface area contributed by atoms with Crippen molar-refractivity contribution in [2.24, 2.45) is 9.98 Å². The first-order valence-corrected chi connectivity index (χ1v) is 17.0. The first-order valence-electron chi connectivity index (χ1n) is 17.0. The van der Waals surface area contributed by atoms with Gasteiger partial charge in [0.25, 0.3) is 0 Å². The lowest BCUT2D eigenvalue weighted by atomic mass is 9.94. The van der Waals surface area contributed by atoms with Crippen molar-refractivity contribution in [3.8, 4) is 22.3 Å². The molecule has 6 aromatic carbocycles. The Bertz CT molecular complexity index is 2760. The summed E-state index contributed by atoms with van der Waals surface area (Å²) in [4.78, 5) is 22.2. The summed E-state index contributed by atoms with van der Waals surface area (Å²) in [6.45, 7) is 0. The minimum atomic E-state index is 0.684. The second-order valence-corrected chi connectivity index (χ2v) is 13.0. The van der Waals surface area contributed by atoms with Gasteiger partial charge in [0.1, 0.15) is 11.7 Å². The van der Waals surface area contributed by atoms with Gasteiger partial charge in [0.15, 0.2) is 11.6 Å². The number of fused-ring (bicyclic) bond motifs is 3. The van der Waals surface area contributed by atoms with Crippen LogP contribution in [0.4, 0.5) is 23.0 Å². The van der Waals surface area contributed by atoms with E-state index in [1.165, 1.54) is 43.4 Å². The molecule has 0 unspecified atom stereocenters. The molecule has 7 nitrogen and oxygen atoms in total. The molecule has 3 aromatic heterocycles. The van der Waals surface area contributed by atoms with Crippen LogP contribution in [0.1, 0.15) is 11.1 Å². The number of H-pyrrole nitrogens is 1. The van der Waals surface area contributed by atoms with Crippen LogP contribution in [0.25, 0.3) is 65.6 Å². The Morgan fingerprint density at radius 3 is 1.39 bits per heavy atom. The highest BCUT2D eigenvalue weighted by Gasteiger charge is 2.24. The number of anilines is 2. The van der Waals surface area contributed by atoms with Crippen molar-refractivity contribution in [3.63, 3.8) is 0 Å². The van der Waals surface area contributed by atoms with Crippen molar-refractivity contribution in [2.45, 2.75) is 0 Å². The molecule has 0 atom stereocenters. The van der Waals surface area contributed by atoms with E-state index in [1.54, 1.807) is 12.4 Å². The number of aromatic nitrogens is 3. The summed E-state index contributed by atoms with van der Waals surface area (Å²) in [5.41, 5.74) is 11.2. The van der Waals surface area contributed by atoms with E-state index in [2.05, 4.69) is 123 Å². The zero-order valence-electron chi connectivity index (χ0n) is 27.1. The topological polar surface area (TPSA) is 90.4 Å². The standard InChI is InChI=1S/C44H27N7/c1-3-21-45-39(11-1)50-43-33-9-5-7-31-27(17-19-35(48-43)41(31)33)25-13-15-29-30-16-14-26(24-38(30)47-37(29)23-25)28-18-20-36-42-32(28)8-6-10-34(42)44(49-36)51-40-12-2-4-22-46-40/h1-24,47H,(H,45,48,50)(H,46,49,51). The Morgan fingerprint density at radius 2 is 0.922 bits per heavy atom. The Morgan fingerprint density at radius 1 is 0.412 bits per heavy atom. The lowest BCUT2D eigenvalue weighted by Crippen LogP contribution is -2.06. The van der Waals surface area contributed by atoms with E-state index >= 15 is 0 Å². The molecule has 0 aliphatic carbocycles. The number of pyridine rings is 2. The van der Waals surface area contributed by atoms with Gasteiger partial charge in [-0.2, -0.15) is 0 Å². The number of hydrogen-bond acceptors (Lipinski definition) is 4. The molecule has 7 heteroatoms. The normalized spacial score (nSPS) is 14.7. The van der Waals surface area contributed by atoms with E-state index in [4.69, 9.17) is 9.98 Å². The van der Waals surface area contributed by atoms with Crippen molar-refractivity contribution in [1.29, 1.82) is 0 Å². The smallest absolute Gasteiger partial charge is 0.154 e. The largest absolute Gasteiger partial charge is 0.354 e. The third kappa shape index (κ3) is 4.31. The summed E-state index contributed by atoms with van der Waals surface area (Å²) in [6, 6.07) is 46.7. The summed E-state index contributed by atoms with van der Waals surface area (Å²) < 4.78 is 0. The summed E-state index contributed by atoms with van der Waals surface area (Å²) >= 11 is 0. The molecule has 9 aromatic rings. The highest BCUT2D eigenvalue weighted by atomic mass is 15.1. The summed E-state index contributed by atoms with van der Waals surface area (Å²) in [7, 11) is 0. The SMILES string of the molecule is c1ccc(/N=C2\Nc3ccc(-c4ccc5c(c4)[nH]c4cc(-c6ccc7c8c(cccc68)/C(=N/c6ccccn6)N7)ccc45)c4cccc2c34)nc1. The molecule has 2 aliphatic rings. The number of benzene rings is 6. The lowest BCUT2D eigenvalue weighted by Gasteiger charge is -2.09. The summed E-state index contributed by atoms with van der Waals surface area (Å²) in [5.74, 6) is 3.01. The van der Waals surface area contributed by atoms with Crippen LogP contribution in [-0.4, -0.2) is 26.6 Å². The van der Waals surface area contributed by atoms with Gasteiger partial charge in [-0.1, -0.05) is 84.9 Å². The van der Waals surface area contributed by atoms with E-state index in [9.17, 15) is 0 Å². The fourth-order valence-corrected chi connectivity index (χ4v) is 7.80. The molecular weight excluding hydrogens is 627 g/mol. The highest BCUT2D eigenvalue weighted by molar-refractivity contribution is 6.29. The maximum absolute atomic E-state index is 4.82. The molecule has 11 rings (SSSR count). The molecule has 0 radical (unpaired) electrons. The van der Waals surface area contributed by atoms with E-state index in [-0.39, 0.29) is 0 Å². The maximum atomic E-state index is 4.82. The first-order chi connectivity index (χ1) is 25.2. The molecule has 2 aliphatic heterocycles. The number of amidine groups is 2. The van der Waals surface area contributed by atoms with Crippen LogP contribution in [-0.2, 0) is 0 Å².